The zero-order valence-electron chi connectivity index (χ0n) is 46.7. The molecule has 0 aliphatic heterocycles. The summed E-state index contributed by atoms with van der Waals surface area (Å²) >= 11 is 26.7. The number of thioether (sulfide) groups is 1. The molecule has 0 atom stereocenters. The molecule has 0 radical (unpaired) electrons. The van der Waals surface area contributed by atoms with E-state index in [2.05, 4.69) is 43.5 Å². The zero-order valence-corrected chi connectivity index (χ0v) is 55.0. The molecule has 0 bridgehead atoms. The van der Waals surface area contributed by atoms with E-state index < -0.39 is 21.1 Å². The average Bonchev–Trinajstić information content (AvgIpc) is 2.03. The van der Waals surface area contributed by atoms with Crippen molar-refractivity contribution in [3.63, 3.8) is 0 Å². The maximum absolute atomic E-state index is 13.1. The third-order valence-corrected chi connectivity index (χ3v) is 15.9. The Labute approximate surface area is 534 Å². The molecule has 0 amide bonds. The van der Waals surface area contributed by atoms with Crippen LogP contribution in [0.1, 0.15) is 70.1 Å². The van der Waals surface area contributed by atoms with E-state index in [1.165, 1.54) is 41.6 Å². The Kier molecular flexibility index (Phi) is 26.7. The average molecular weight is 1330 g/mol. The van der Waals surface area contributed by atoms with E-state index in [9.17, 15) is 37.2 Å². The molecule has 0 fully saturated rings. The molecule has 0 unspecified atom stereocenters. The summed E-state index contributed by atoms with van der Waals surface area (Å²) in [6.07, 6.45) is 8.07. The van der Waals surface area contributed by atoms with E-state index in [1.807, 2.05) is 61.1 Å². The molecule has 0 saturated carbocycles. The van der Waals surface area contributed by atoms with Crippen LogP contribution in [0.5, 0.6) is 0 Å². The Morgan fingerprint density at radius 1 is 0.542 bits per heavy atom. The number of halogens is 4. The molecule has 21 nitrogen and oxygen atoms in total. The number of unbranched alkanes of at least 4 members (excludes halogenated alkanes) is 2. The monoisotopic (exact) mass is 1330 g/mol. The summed E-state index contributed by atoms with van der Waals surface area (Å²) in [7, 11) is 0.945. The summed E-state index contributed by atoms with van der Waals surface area (Å²) in [4.78, 5) is 89.5. The van der Waals surface area contributed by atoms with Crippen LogP contribution in [0.4, 0.5) is 0 Å². The van der Waals surface area contributed by atoms with Crippen LogP contribution in [0.2, 0.25) is 15.1 Å². The molecule has 6 heterocycles. The zero-order chi connectivity index (χ0) is 59.6. The number of aromatic nitrogens is 12. The second-order valence-corrected chi connectivity index (χ2v) is 23.2. The Balaban J connectivity index is 0.000000261. The molecule has 6 aromatic heterocycles. The van der Waals surface area contributed by atoms with Crippen molar-refractivity contribution in [3.05, 3.63) is 172 Å². The Morgan fingerprint density at radius 2 is 0.867 bits per heavy atom. The van der Waals surface area contributed by atoms with Gasteiger partial charge >= 0.3 is 46.6 Å². The maximum Gasteiger partial charge on any atom is 1.00 e. The number of aliphatic hydroxyl groups excluding tert-OH is 1. The minimum atomic E-state index is -3.78. The first-order valence-corrected chi connectivity index (χ1v) is 31.2. The van der Waals surface area contributed by atoms with Crippen molar-refractivity contribution in [1.82, 2.24) is 56.1 Å². The summed E-state index contributed by atoms with van der Waals surface area (Å²) in [5, 5.41) is 11.3. The SMILES string of the molecule is C.CCCCn1c(=O)c2c(nc(Br)n2Cc2ccc(Cl)cc2)n(C)c1=O.CCCCn1c(=O)c2c(nc(SC)n2Cc2ccc(Cl)cc2)n(C)c1=O.C[S-].Cn1c(=O)n(CCCO)c(=O)c2c1nc(S(C)(=O)=O)n2Cc1ccc(Cl)cc1.[Na+]. The Hall–Kier alpha value is -4.93. The number of aliphatic hydroxyl groups is 1. The van der Waals surface area contributed by atoms with Gasteiger partial charge in [0.2, 0.25) is 15.0 Å². The van der Waals surface area contributed by atoms with Crippen LogP contribution in [-0.4, -0.2) is 95.0 Å². The fourth-order valence-corrected chi connectivity index (χ4v) is 10.9. The van der Waals surface area contributed by atoms with Crippen molar-refractivity contribution < 1.29 is 43.1 Å². The fourth-order valence-electron chi connectivity index (χ4n) is 8.69. The number of nitrogens with zero attached hydrogens (tertiary/aromatic N) is 12. The van der Waals surface area contributed by atoms with Gasteiger partial charge in [-0.2, -0.15) is 11.2 Å². The number of aryl methyl sites for hydroxylation is 3. The minimum Gasteiger partial charge on any atom is -0.796 e. The van der Waals surface area contributed by atoms with Gasteiger partial charge < -0.3 is 31.4 Å². The molecule has 9 rings (SSSR count). The molecule has 442 valence electrons. The number of benzene rings is 3. The summed E-state index contributed by atoms with van der Waals surface area (Å²) in [6.45, 7) is 5.70. The van der Waals surface area contributed by atoms with Crippen LogP contribution < -0.4 is 63.3 Å². The van der Waals surface area contributed by atoms with Gasteiger partial charge in [0.1, 0.15) is 0 Å². The summed E-state index contributed by atoms with van der Waals surface area (Å²) in [5.41, 5.74) is 1.87. The van der Waals surface area contributed by atoms with Crippen molar-refractivity contribution in [2.75, 3.05) is 25.4 Å². The Morgan fingerprint density at radius 3 is 1.23 bits per heavy atom. The fraction of sp³-hybridized carbons (Fsp3) is 0.389. The van der Waals surface area contributed by atoms with E-state index in [0.717, 1.165) is 52.2 Å². The van der Waals surface area contributed by atoms with Crippen LogP contribution in [0.3, 0.4) is 0 Å². The smallest absolute Gasteiger partial charge is 0.796 e. The number of imidazole rings is 3. The molecule has 0 aliphatic rings. The molecule has 3 aromatic carbocycles. The predicted octanol–water partition coefficient (Wildman–Crippen LogP) is 4.47. The summed E-state index contributed by atoms with van der Waals surface area (Å²) in [6, 6.07) is 21.7. The molecule has 0 spiro atoms. The van der Waals surface area contributed by atoms with Gasteiger partial charge in [0, 0.05) is 68.7 Å². The largest absolute Gasteiger partial charge is 1.00 e. The molecule has 1 N–H and O–H groups in total. The molecule has 0 saturated heterocycles. The summed E-state index contributed by atoms with van der Waals surface area (Å²) in [5.74, 6) is 0. The van der Waals surface area contributed by atoms with Crippen molar-refractivity contribution in [1.29, 1.82) is 0 Å². The van der Waals surface area contributed by atoms with Crippen LogP contribution in [0.15, 0.2) is 117 Å². The number of rotatable bonds is 17. The van der Waals surface area contributed by atoms with Gasteiger partial charge in [-0.15, -0.1) is 0 Å². The summed E-state index contributed by atoms with van der Waals surface area (Å²) < 4.78 is 37.7. The van der Waals surface area contributed by atoms with Crippen molar-refractivity contribution >= 4 is 118 Å². The van der Waals surface area contributed by atoms with Crippen molar-refractivity contribution in [2.45, 2.75) is 103 Å². The Bertz CT molecular complexity index is 4210. The van der Waals surface area contributed by atoms with Crippen molar-refractivity contribution in [3.8, 4) is 0 Å². The number of hydrogen-bond acceptors (Lipinski definition) is 14. The third kappa shape index (κ3) is 15.9. The topological polar surface area (TPSA) is 240 Å². The van der Waals surface area contributed by atoms with Crippen molar-refractivity contribution in [2.24, 2.45) is 21.1 Å². The van der Waals surface area contributed by atoms with E-state index in [0.29, 0.717) is 79.0 Å². The predicted molar refractivity (Wildman–Crippen MR) is 333 cm³/mol. The van der Waals surface area contributed by atoms with E-state index >= 15 is 0 Å². The quantitative estimate of drug-likeness (QED) is 0.0573. The second-order valence-electron chi connectivity index (χ2n) is 18.5. The van der Waals surface area contributed by atoms with Gasteiger partial charge in [-0.1, -0.05) is 117 Å². The van der Waals surface area contributed by atoms with Gasteiger partial charge in [-0.25, -0.2) is 32.8 Å². The van der Waals surface area contributed by atoms with Crippen LogP contribution in [-0.2, 0) is 82.9 Å². The first-order valence-electron chi connectivity index (χ1n) is 25.3. The molecule has 9 aromatic rings. The standard InChI is InChI=1S/C18H21ClN4O2S.C17H18BrClN4O2.C17H19ClN4O5S.CH4S.CH4.Na/c1-4-5-10-22-16(24)14-15(21(2)18(22)25)20-17(26-3)23(14)11-12-6-8-13(19)9-7-12;1-3-4-9-22-15(24)13-14(21(2)17(22)25)20-16(18)23(13)10-11-5-7-12(19)8-6-11;1-20-14-13(15(24)21(17(20)25)8-3-9-23)22(16(19-14)28(2,26)27)10-11-4-6-12(18)7-5-11;1-2;;/h6-9H,4-5,10-11H2,1-3H3;5-8H,3-4,9-10H2,1-2H3;4-7,23H,3,8-10H2,1-2H3;2H,1H3;1H4;/q;;;;;+1/p-1. The van der Waals surface area contributed by atoms with Crippen LogP contribution in [0.25, 0.3) is 33.5 Å². The number of sulfone groups is 1. The van der Waals surface area contributed by atoms with Crippen LogP contribution in [0, 0.1) is 0 Å². The van der Waals surface area contributed by atoms with Gasteiger partial charge in [0.25, 0.3) is 16.7 Å². The molecule has 83 heavy (non-hydrogen) atoms. The first-order chi connectivity index (χ1) is 38.6. The minimum absolute atomic E-state index is 0. The van der Waals surface area contributed by atoms with E-state index in [4.69, 9.17) is 39.9 Å². The number of hydrogen-bond donors (Lipinski definition) is 1. The molecular formula is C54H65BrCl3N12NaO9S3. The van der Waals surface area contributed by atoms with E-state index in [-0.39, 0.29) is 102 Å². The second kappa shape index (κ2) is 31.5. The van der Waals surface area contributed by atoms with E-state index in [1.54, 1.807) is 61.3 Å². The van der Waals surface area contributed by atoms with Gasteiger partial charge in [0.15, 0.2) is 43.4 Å². The molecule has 0 aliphatic carbocycles. The van der Waals surface area contributed by atoms with Crippen LogP contribution >= 0.6 is 62.5 Å². The third-order valence-electron chi connectivity index (χ3n) is 12.9. The normalized spacial score (nSPS) is 11.1. The van der Waals surface area contributed by atoms with Gasteiger partial charge in [-0.3, -0.25) is 41.8 Å². The maximum atomic E-state index is 13.1. The van der Waals surface area contributed by atoms with Gasteiger partial charge in [-0.05, 0) is 94.5 Å². The first kappa shape index (κ1) is 70.6. The number of fused-ring (bicyclic) bond motifs is 3. The van der Waals surface area contributed by atoms with Gasteiger partial charge in [0.05, 0.1) is 19.6 Å². The molecule has 29 heteroatoms. The molecular weight excluding hydrogens is 1270 g/mol.